The lowest BCUT2D eigenvalue weighted by molar-refractivity contribution is -0.118. The molecule has 0 spiro atoms. The summed E-state index contributed by atoms with van der Waals surface area (Å²) < 4.78 is 7.20. The maximum Gasteiger partial charge on any atom is 0.350 e. The molecule has 0 aliphatic heterocycles. The van der Waals surface area contributed by atoms with Gasteiger partial charge in [0.2, 0.25) is 5.91 Å². The SMILES string of the molecule is CCOC(=O)c1sc(N(Cc2ccccc2)C(=O)CCc2c(C)nn(CC(C)C)c2C)nc1C. The van der Waals surface area contributed by atoms with E-state index in [1.165, 1.54) is 11.3 Å². The van der Waals surface area contributed by atoms with Gasteiger partial charge in [-0.3, -0.25) is 14.4 Å². The van der Waals surface area contributed by atoms with Gasteiger partial charge in [-0.05, 0) is 51.2 Å². The van der Waals surface area contributed by atoms with Crippen molar-refractivity contribution in [3.63, 3.8) is 0 Å². The van der Waals surface area contributed by atoms with Crippen LogP contribution in [0.2, 0.25) is 0 Å². The molecule has 182 valence electrons. The van der Waals surface area contributed by atoms with Gasteiger partial charge in [0.05, 0.1) is 24.5 Å². The summed E-state index contributed by atoms with van der Waals surface area (Å²) in [7, 11) is 0. The average Bonchev–Trinajstić information content (AvgIpc) is 3.30. The van der Waals surface area contributed by atoms with Crippen LogP contribution in [0.1, 0.15) is 65.1 Å². The monoisotopic (exact) mass is 482 g/mol. The number of carbonyl (C=O) groups is 2. The number of nitrogens with zero attached hydrogens (tertiary/aromatic N) is 4. The molecule has 8 heteroatoms. The first-order valence-electron chi connectivity index (χ1n) is 11.7. The summed E-state index contributed by atoms with van der Waals surface area (Å²) in [4.78, 5) is 32.5. The van der Waals surface area contributed by atoms with Crippen LogP contribution in [0.25, 0.3) is 0 Å². The van der Waals surface area contributed by atoms with Crippen LogP contribution >= 0.6 is 11.3 Å². The molecule has 0 atom stereocenters. The number of carbonyl (C=O) groups excluding carboxylic acids is 2. The molecule has 1 aromatic carbocycles. The number of aryl methyl sites for hydroxylation is 2. The van der Waals surface area contributed by atoms with Crippen molar-refractivity contribution in [1.82, 2.24) is 14.8 Å². The van der Waals surface area contributed by atoms with Gasteiger partial charge in [-0.15, -0.1) is 0 Å². The predicted octanol–water partition coefficient (Wildman–Crippen LogP) is 5.26. The van der Waals surface area contributed by atoms with Gasteiger partial charge < -0.3 is 4.74 Å². The molecular weight excluding hydrogens is 448 g/mol. The molecule has 7 nitrogen and oxygen atoms in total. The first-order chi connectivity index (χ1) is 16.2. The zero-order valence-corrected chi connectivity index (χ0v) is 21.7. The third kappa shape index (κ3) is 6.11. The number of thiazole rings is 1. The van der Waals surface area contributed by atoms with Crippen LogP contribution in [0.5, 0.6) is 0 Å². The highest BCUT2D eigenvalue weighted by Crippen LogP contribution is 2.29. The van der Waals surface area contributed by atoms with Crippen molar-refractivity contribution in [1.29, 1.82) is 0 Å². The molecule has 3 aromatic rings. The smallest absolute Gasteiger partial charge is 0.350 e. The lowest BCUT2D eigenvalue weighted by Gasteiger charge is -2.20. The molecule has 1 amide bonds. The van der Waals surface area contributed by atoms with E-state index in [0.29, 0.717) is 47.6 Å². The number of esters is 1. The van der Waals surface area contributed by atoms with E-state index in [1.807, 2.05) is 41.9 Å². The van der Waals surface area contributed by atoms with Crippen molar-refractivity contribution >= 4 is 28.3 Å². The number of ether oxygens (including phenoxy) is 1. The van der Waals surface area contributed by atoms with Gasteiger partial charge in [-0.1, -0.05) is 55.5 Å². The lowest BCUT2D eigenvalue weighted by atomic mass is 10.1. The summed E-state index contributed by atoms with van der Waals surface area (Å²) in [5.41, 5.74) is 4.78. The van der Waals surface area contributed by atoms with Crippen LogP contribution in [0, 0.1) is 26.7 Å². The van der Waals surface area contributed by atoms with Gasteiger partial charge in [0.1, 0.15) is 4.88 Å². The first kappa shape index (κ1) is 25.6. The Balaban J connectivity index is 1.84. The molecule has 0 unspecified atom stereocenters. The second-order valence-corrected chi connectivity index (χ2v) is 9.80. The lowest BCUT2D eigenvalue weighted by Crippen LogP contribution is -2.30. The fraction of sp³-hybridized carbons (Fsp3) is 0.462. The number of hydrogen-bond donors (Lipinski definition) is 0. The molecule has 0 saturated heterocycles. The summed E-state index contributed by atoms with van der Waals surface area (Å²) in [5.74, 6) is 0.0543. The molecule has 0 saturated carbocycles. The number of anilines is 1. The van der Waals surface area contributed by atoms with Gasteiger partial charge in [0, 0.05) is 18.7 Å². The van der Waals surface area contributed by atoms with E-state index in [-0.39, 0.29) is 5.91 Å². The van der Waals surface area contributed by atoms with Gasteiger partial charge in [0.25, 0.3) is 0 Å². The van der Waals surface area contributed by atoms with Crippen LogP contribution in [0.15, 0.2) is 30.3 Å². The summed E-state index contributed by atoms with van der Waals surface area (Å²) in [6.45, 7) is 13.5. The number of aromatic nitrogens is 3. The maximum atomic E-state index is 13.5. The van der Waals surface area contributed by atoms with Gasteiger partial charge in [-0.25, -0.2) is 9.78 Å². The molecule has 0 N–H and O–H groups in total. The molecule has 2 aromatic heterocycles. The quantitative estimate of drug-likeness (QED) is 0.368. The van der Waals surface area contributed by atoms with Crippen molar-refractivity contribution in [2.45, 2.75) is 67.5 Å². The minimum Gasteiger partial charge on any atom is -0.462 e. The zero-order valence-electron chi connectivity index (χ0n) is 20.9. The molecule has 0 fully saturated rings. The second-order valence-electron chi connectivity index (χ2n) is 8.82. The Kier molecular flexibility index (Phi) is 8.61. The Hall–Kier alpha value is -3.00. The van der Waals surface area contributed by atoms with E-state index in [9.17, 15) is 9.59 Å². The van der Waals surface area contributed by atoms with Crippen molar-refractivity contribution < 1.29 is 14.3 Å². The third-order valence-electron chi connectivity index (χ3n) is 5.62. The molecule has 0 bridgehead atoms. The Bertz CT molecular complexity index is 1130. The summed E-state index contributed by atoms with van der Waals surface area (Å²) in [6, 6.07) is 9.81. The summed E-state index contributed by atoms with van der Waals surface area (Å²) in [6.07, 6.45) is 0.935. The van der Waals surface area contributed by atoms with Crippen molar-refractivity contribution in [2.75, 3.05) is 11.5 Å². The molecule has 3 rings (SSSR count). The minimum atomic E-state index is -0.403. The highest BCUT2D eigenvalue weighted by Gasteiger charge is 2.25. The van der Waals surface area contributed by atoms with Crippen molar-refractivity contribution in [2.24, 2.45) is 5.92 Å². The minimum absolute atomic E-state index is 0.0385. The Morgan fingerprint density at radius 2 is 1.82 bits per heavy atom. The van der Waals surface area contributed by atoms with Gasteiger partial charge >= 0.3 is 5.97 Å². The van der Waals surface area contributed by atoms with Crippen LogP contribution in [-0.2, 0) is 29.0 Å². The number of amides is 1. The molecular formula is C26H34N4O3S. The largest absolute Gasteiger partial charge is 0.462 e. The Morgan fingerprint density at radius 1 is 1.12 bits per heavy atom. The normalized spacial score (nSPS) is 11.1. The number of hydrogen-bond acceptors (Lipinski definition) is 6. The Labute approximate surface area is 205 Å². The standard InChI is InChI=1S/C26H34N4O3S/c1-7-33-25(32)24-19(5)27-26(34-24)29(16-21-11-9-8-10-12-21)23(31)14-13-22-18(4)28-30(20(22)6)15-17(2)3/h8-12,17H,7,13-16H2,1-6H3. The Morgan fingerprint density at radius 3 is 2.47 bits per heavy atom. The summed E-state index contributed by atoms with van der Waals surface area (Å²) in [5, 5.41) is 5.19. The fourth-order valence-electron chi connectivity index (χ4n) is 3.90. The van der Waals surface area contributed by atoms with E-state index in [1.54, 1.807) is 18.7 Å². The molecule has 34 heavy (non-hydrogen) atoms. The fourth-order valence-corrected chi connectivity index (χ4v) is 4.88. The first-order valence-corrected chi connectivity index (χ1v) is 12.5. The highest BCUT2D eigenvalue weighted by molar-refractivity contribution is 7.17. The molecule has 2 heterocycles. The number of rotatable bonds is 10. The van der Waals surface area contributed by atoms with Crippen LogP contribution in [0.4, 0.5) is 5.13 Å². The topological polar surface area (TPSA) is 77.3 Å². The van der Waals surface area contributed by atoms with E-state index in [4.69, 9.17) is 4.74 Å². The highest BCUT2D eigenvalue weighted by atomic mass is 32.1. The van der Waals surface area contributed by atoms with Gasteiger partial charge in [0.15, 0.2) is 5.13 Å². The molecule has 0 radical (unpaired) electrons. The number of benzene rings is 1. The molecule has 0 aliphatic rings. The van der Waals surface area contributed by atoms with Gasteiger partial charge in [-0.2, -0.15) is 5.10 Å². The van der Waals surface area contributed by atoms with Crippen molar-refractivity contribution in [3.8, 4) is 0 Å². The van der Waals surface area contributed by atoms with Crippen LogP contribution in [-0.4, -0.2) is 33.2 Å². The predicted molar refractivity (Wildman–Crippen MR) is 135 cm³/mol. The maximum absolute atomic E-state index is 13.5. The zero-order chi connectivity index (χ0) is 24.8. The van der Waals surface area contributed by atoms with Crippen molar-refractivity contribution in [3.05, 3.63) is 63.4 Å². The van der Waals surface area contributed by atoms with E-state index in [2.05, 4.69) is 30.9 Å². The van der Waals surface area contributed by atoms with E-state index in [0.717, 1.165) is 29.1 Å². The van der Waals surface area contributed by atoms with Crippen LogP contribution < -0.4 is 4.90 Å². The second kappa shape index (κ2) is 11.4. The third-order valence-corrected chi connectivity index (χ3v) is 6.78. The molecule has 0 aliphatic carbocycles. The van der Waals surface area contributed by atoms with Crippen LogP contribution in [0.3, 0.4) is 0 Å². The average molecular weight is 483 g/mol. The summed E-state index contributed by atoms with van der Waals surface area (Å²) >= 11 is 1.21. The van der Waals surface area contributed by atoms with E-state index >= 15 is 0 Å². The van der Waals surface area contributed by atoms with E-state index < -0.39 is 5.97 Å².